The Labute approximate surface area is 463 Å². The molecule has 0 unspecified atom stereocenters. The van der Waals surface area contributed by atoms with E-state index in [1.807, 2.05) is 12.1 Å². The molecule has 0 saturated carbocycles. The van der Waals surface area contributed by atoms with Gasteiger partial charge in [-0.05, 0) is 107 Å². The van der Waals surface area contributed by atoms with Crippen molar-refractivity contribution >= 4 is 90.7 Å². The molecule has 384 valence electrons. The molecule has 0 radical (unpaired) electrons. The van der Waals surface area contributed by atoms with Crippen molar-refractivity contribution in [3.63, 3.8) is 0 Å². The van der Waals surface area contributed by atoms with Crippen LogP contribution in [0.1, 0.15) is 255 Å². The van der Waals surface area contributed by atoms with Gasteiger partial charge in [-0.3, -0.25) is 0 Å². The normalized spacial score (nSPS) is 11.8. The summed E-state index contributed by atoms with van der Waals surface area (Å²) in [6.07, 6.45) is 43.7. The summed E-state index contributed by atoms with van der Waals surface area (Å²) < 4.78 is 72.4. The van der Waals surface area contributed by atoms with Gasteiger partial charge in [0.05, 0.1) is 9.79 Å². The summed E-state index contributed by atoms with van der Waals surface area (Å²) in [4.78, 5) is -0.0883. The second-order valence-electron chi connectivity index (χ2n) is 20.0. The summed E-state index contributed by atoms with van der Waals surface area (Å²) in [7, 11) is -9.01. The molecule has 4 aromatic rings. The summed E-state index contributed by atoms with van der Waals surface area (Å²) in [6.45, 7) is 8.96. The molecule has 9 heteroatoms. The van der Waals surface area contributed by atoms with Gasteiger partial charge in [-0.1, -0.05) is 256 Å². The Balaban J connectivity index is 0.000000467. The van der Waals surface area contributed by atoms with Crippen molar-refractivity contribution in [2.24, 2.45) is 0 Å². The smallest absolute Gasteiger partial charge is 0.744 e. The van der Waals surface area contributed by atoms with Crippen molar-refractivity contribution in [2.75, 3.05) is 0 Å². The number of hydrogen-bond acceptors (Lipinski definition) is 6. The first-order valence-corrected chi connectivity index (χ1v) is 30.8. The molecule has 0 heterocycles. The summed E-state index contributed by atoms with van der Waals surface area (Å²) in [6, 6.07) is 19.1. The SMILES string of the molecule is CCCCCCCCCCc1cc(S(=O)(=O)[O-])c2cccc(CCCCCCCCCC)c2c1.CCCCCCCCCCc1cc(S(=O)(=O)[O-])c2cccc(CCCCCCCCCC)c2c1.[Ba+2]. The van der Waals surface area contributed by atoms with Crippen molar-refractivity contribution < 1.29 is 25.9 Å². The summed E-state index contributed by atoms with van der Waals surface area (Å²) >= 11 is 0. The van der Waals surface area contributed by atoms with E-state index in [2.05, 4.69) is 52.0 Å². The Bertz CT molecular complexity index is 2030. The molecule has 0 aliphatic heterocycles. The van der Waals surface area contributed by atoms with Gasteiger partial charge in [-0.2, -0.15) is 0 Å². The van der Waals surface area contributed by atoms with Gasteiger partial charge in [0.1, 0.15) is 20.2 Å². The van der Waals surface area contributed by atoms with Crippen LogP contribution in [0.15, 0.2) is 70.5 Å². The van der Waals surface area contributed by atoms with Gasteiger partial charge in [0.2, 0.25) is 0 Å². The Morgan fingerprint density at radius 1 is 0.319 bits per heavy atom. The van der Waals surface area contributed by atoms with Crippen molar-refractivity contribution in [1.29, 1.82) is 0 Å². The number of rotatable bonds is 38. The fourth-order valence-electron chi connectivity index (χ4n) is 9.91. The Morgan fingerprint density at radius 3 is 0.826 bits per heavy atom. The van der Waals surface area contributed by atoms with Crippen LogP contribution >= 0.6 is 0 Å². The summed E-state index contributed by atoms with van der Waals surface area (Å²) in [5, 5.41) is 3.09. The number of fused-ring (bicyclic) bond motifs is 2. The van der Waals surface area contributed by atoms with Gasteiger partial charge >= 0.3 is 48.9 Å². The first kappa shape index (κ1) is 63.9. The van der Waals surface area contributed by atoms with Crippen molar-refractivity contribution in [2.45, 2.75) is 269 Å². The van der Waals surface area contributed by atoms with Crippen molar-refractivity contribution in [3.8, 4) is 0 Å². The molecule has 4 aromatic carbocycles. The van der Waals surface area contributed by atoms with E-state index >= 15 is 0 Å². The molecule has 0 aliphatic rings. The van der Waals surface area contributed by atoms with Crippen LogP contribution in [-0.2, 0) is 45.9 Å². The average Bonchev–Trinajstić information content (AvgIpc) is 3.31. The molecule has 0 fully saturated rings. The van der Waals surface area contributed by atoms with E-state index in [0.29, 0.717) is 10.8 Å². The van der Waals surface area contributed by atoms with Crippen LogP contribution < -0.4 is 0 Å². The zero-order valence-electron chi connectivity index (χ0n) is 44.2. The molecular weight excluding hydrogens is 1020 g/mol. The molecule has 0 aromatic heterocycles. The summed E-state index contributed by atoms with van der Waals surface area (Å²) in [5.74, 6) is 0. The second-order valence-corrected chi connectivity index (χ2v) is 22.7. The Hall–Kier alpha value is -1.21. The first-order chi connectivity index (χ1) is 32.9. The molecule has 0 bridgehead atoms. The number of aryl methyl sites for hydroxylation is 4. The minimum atomic E-state index is -4.51. The van der Waals surface area contributed by atoms with Crippen LogP contribution in [0.4, 0.5) is 0 Å². The van der Waals surface area contributed by atoms with Crippen LogP contribution in [0.5, 0.6) is 0 Å². The van der Waals surface area contributed by atoms with Gasteiger partial charge in [-0.25, -0.2) is 16.8 Å². The monoisotopic (exact) mass is 1110 g/mol. The molecule has 0 atom stereocenters. The van der Waals surface area contributed by atoms with E-state index in [4.69, 9.17) is 0 Å². The van der Waals surface area contributed by atoms with Crippen LogP contribution in [0.25, 0.3) is 21.5 Å². The van der Waals surface area contributed by atoms with Crippen molar-refractivity contribution in [1.82, 2.24) is 0 Å². The van der Waals surface area contributed by atoms with E-state index in [1.165, 1.54) is 178 Å². The number of benzene rings is 4. The molecule has 69 heavy (non-hydrogen) atoms. The van der Waals surface area contributed by atoms with E-state index in [9.17, 15) is 25.9 Å². The van der Waals surface area contributed by atoms with E-state index in [-0.39, 0.29) is 58.7 Å². The Kier molecular flexibility index (Phi) is 35.5. The van der Waals surface area contributed by atoms with Crippen LogP contribution in [0.3, 0.4) is 0 Å². The fourth-order valence-corrected chi connectivity index (χ4v) is 11.4. The van der Waals surface area contributed by atoms with Gasteiger partial charge in [-0.15, -0.1) is 0 Å². The molecule has 4 rings (SSSR count). The maximum atomic E-state index is 12.1. The minimum Gasteiger partial charge on any atom is -0.744 e. The van der Waals surface area contributed by atoms with Crippen LogP contribution in [0, 0.1) is 0 Å². The van der Waals surface area contributed by atoms with Gasteiger partial charge in [0.15, 0.2) is 0 Å². The second kappa shape index (κ2) is 38.4. The Morgan fingerprint density at radius 2 is 0.565 bits per heavy atom. The average molecular weight is 1110 g/mol. The number of hydrogen-bond donors (Lipinski definition) is 0. The molecular formula is C60H94BaO6S2. The third-order valence-corrected chi connectivity index (χ3v) is 15.7. The van der Waals surface area contributed by atoms with Crippen molar-refractivity contribution in [3.05, 3.63) is 82.9 Å². The van der Waals surface area contributed by atoms with E-state index in [1.54, 1.807) is 24.3 Å². The summed E-state index contributed by atoms with van der Waals surface area (Å²) in [5.41, 5.74) is 4.31. The maximum Gasteiger partial charge on any atom is 2.00 e. The van der Waals surface area contributed by atoms with Crippen LogP contribution in [0.2, 0.25) is 0 Å². The van der Waals surface area contributed by atoms with Gasteiger partial charge < -0.3 is 9.11 Å². The molecule has 0 saturated heterocycles. The zero-order valence-corrected chi connectivity index (χ0v) is 50.3. The zero-order chi connectivity index (χ0) is 49.3. The topological polar surface area (TPSA) is 114 Å². The third kappa shape index (κ3) is 26.5. The number of unbranched alkanes of at least 4 members (excludes halogenated alkanes) is 28. The standard InChI is InChI=1S/2C30H48O3S.Ba/c2*1-3-5-7-9-11-13-15-17-20-26-24-29-27(21-18-16-14-12-10-8-6-4-2)22-19-23-28(29)30(25-26)34(31,32)33;/h2*19,22-25H,3-18,20-21H2,1-2H3,(H,31,32,33);/q;;+2/p-2. The molecule has 0 spiro atoms. The first-order valence-electron chi connectivity index (χ1n) is 27.9. The predicted molar refractivity (Wildman–Crippen MR) is 295 cm³/mol. The molecule has 0 N–H and O–H groups in total. The van der Waals surface area contributed by atoms with E-state index < -0.39 is 20.2 Å². The van der Waals surface area contributed by atoms with Gasteiger partial charge in [0.25, 0.3) is 0 Å². The minimum absolute atomic E-state index is 0. The van der Waals surface area contributed by atoms with Crippen LogP contribution in [-0.4, -0.2) is 74.8 Å². The molecule has 0 amide bonds. The predicted octanol–water partition coefficient (Wildman–Crippen LogP) is 17.8. The third-order valence-electron chi connectivity index (χ3n) is 14.0. The van der Waals surface area contributed by atoms with E-state index in [0.717, 1.165) is 86.1 Å². The van der Waals surface area contributed by atoms with Gasteiger partial charge in [0, 0.05) is 0 Å². The molecule has 0 aliphatic carbocycles. The molecule has 6 nitrogen and oxygen atoms in total. The maximum absolute atomic E-state index is 12.1. The quantitative estimate of drug-likeness (QED) is 0.0251. The fraction of sp³-hybridized carbons (Fsp3) is 0.667. The largest absolute Gasteiger partial charge is 2.00 e.